The Hall–Kier alpha value is -0.940. The van der Waals surface area contributed by atoms with Crippen molar-refractivity contribution in [1.82, 2.24) is 15.0 Å². The lowest BCUT2D eigenvalue weighted by Gasteiger charge is -2.19. The van der Waals surface area contributed by atoms with Gasteiger partial charge in [0.15, 0.2) is 5.82 Å². The number of hydrogen-bond donors (Lipinski definition) is 1. The summed E-state index contributed by atoms with van der Waals surface area (Å²) in [6.07, 6.45) is 3.91. The highest BCUT2D eigenvalue weighted by atomic mass is 16.5. The molecule has 90 valence electrons. The summed E-state index contributed by atoms with van der Waals surface area (Å²) in [4.78, 5) is 6.64. The summed E-state index contributed by atoms with van der Waals surface area (Å²) >= 11 is 0. The lowest BCUT2D eigenvalue weighted by Crippen LogP contribution is -2.27. The Morgan fingerprint density at radius 3 is 2.88 bits per heavy atom. The number of rotatable bonds is 7. The van der Waals surface area contributed by atoms with Gasteiger partial charge in [-0.25, -0.2) is 0 Å². The minimum Gasteiger partial charge on any atom is -0.338 e. The van der Waals surface area contributed by atoms with Gasteiger partial charge in [0.1, 0.15) is 0 Å². The first-order chi connectivity index (χ1) is 7.81. The predicted molar refractivity (Wildman–Crippen MR) is 60.5 cm³/mol. The second kappa shape index (κ2) is 5.41. The van der Waals surface area contributed by atoms with E-state index in [2.05, 4.69) is 22.0 Å². The average molecular weight is 224 g/mol. The Labute approximate surface area is 96.0 Å². The van der Waals surface area contributed by atoms with Gasteiger partial charge in [0.25, 0.3) is 0 Å². The molecule has 0 aromatic carbocycles. The van der Waals surface area contributed by atoms with E-state index in [1.165, 1.54) is 19.4 Å². The van der Waals surface area contributed by atoms with E-state index < -0.39 is 0 Å². The molecule has 1 heterocycles. The zero-order valence-electron chi connectivity index (χ0n) is 9.85. The van der Waals surface area contributed by atoms with Crippen LogP contribution in [0.5, 0.6) is 0 Å². The van der Waals surface area contributed by atoms with Gasteiger partial charge in [0.05, 0.1) is 13.1 Å². The maximum Gasteiger partial charge on any atom is 0.240 e. The largest absolute Gasteiger partial charge is 0.338 e. The van der Waals surface area contributed by atoms with Crippen molar-refractivity contribution in [3.63, 3.8) is 0 Å². The topological polar surface area (TPSA) is 68.2 Å². The van der Waals surface area contributed by atoms with Crippen molar-refractivity contribution in [3.05, 3.63) is 11.7 Å². The molecule has 1 aliphatic carbocycles. The number of nitrogens with two attached hydrogens (primary N) is 1. The van der Waals surface area contributed by atoms with Crippen molar-refractivity contribution in [2.24, 2.45) is 11.7 Å². The van der Waals surface area contributed by atoms with Gasteiger partial charge >= 0.3 is 0 Å². The van der Waals surface area contributed by atoms with Crippen LogP contribution in [0.4, 0.5) is 0 Å². The van der Waals surface area contributed by atoms with Crippen LogP contribution in [0, 0.1) is 5.92 Å². The van der Waals surface area contributed by atoms with Gasteiger partial charge in [-0.15, -0.1) is 0 Å². The van der Waals surface area contributed by atoms with Gasteiger partial charge in [0.2, 0.25) is 5.89 Å². The molecule has 0 aliphatic heterocycles. The molecule has 1 aromatic heterocycles. The molecule has 1 aliphatic rings. The molecule has 0 spiro atoms. The first-order valence-corrected chi connectivity index (χ1v) is 6.05. The normalized spacial score (nSPS) is 15.9. The van der Waals surface area contributed by atoms with Gasteiger partial charge in [-0.2, -0.15) is 4.98 Å². The molecule has 0 atom stereocenters. The van der Waals surface area contributed by atoms with Crippen LogP contribution in [0.15, 0.2) is 4.52 Å². The maximum atomic E-state index is 5.43. The Morgan fingerprint density at radius 2 is 2.31 bits per heavy atom. The maximum absolute atomic E-state index is 5.43. The van der Waals surface area contributed by atoms with Crippen LogP contribution >= 0.6 is 0 Å². The van der Waals surface area contributed by atoms with E-state index in [0.29, 0.717) is 12.4 Å². The Balaban J connectivity index is 1.87. The number of aromatic nitrogens is 2. The van der Waals surface area contributed by atoms with Crippen LogP contribution < -0.4 is 5.73 Å². The van der Waals surface area contributed by atoms with E-state index >= 15 is 0 Å². The summed E-state index contributed by atoms with van der Waals surface area (Å²) in [7, 11) is 0. The van der Waals surface area contributed by atoms with Crippen LogP contribution in [-0.4, -0.2) is 28.1 Å². The lowest BCUT2D eigenvalue weighted by molar-refractivity contribution is 0.244. The number of hydrogen-bond acceptors (Lipinski definition) is 5. The Morgan fingerprint density at radius 1 is 1.50 bits per heavy atom. The first kappa shape index (κ1) is 11.5. The molecule has 2 N–H and O–H groups in total. The highest BCUT2D eigenvalue weighted by Crippen LogP contribution is 2.30. The van der Waals surface area contributed by atoms with Crippen molar-refractivity contribution < 1.29 is 4.52 Å². The van der Waals surface area contributed by atoms with Crippen molar-refractivity contribution >= 4 is 0 Å². The molecule has 0 bridgehead atoms. The molecule has 1 fully saturated rings. The first-order valence-electron chi connectivity index (χ1n) is 6.05. The van der Waals surface area contributed by atoms with E-state index in [0.717, 1.165) is 31.3 Å². The molecule has 0 saturated heterocycles. The molecular formula is C11H20N4O. The third-order valence-electron chi connectivity index (χ3n) is 2.80. The minimum absolute atomic E-state index is 0.323. The Bertz CT molecular complexity index is 322. The standard InChI is InChI=1S/C11H20N4O/c1-2-5-15(7-9-3-4-9)8-10-13-11(6-12)16-14-10/h9H,2-8,12H2,1H3. The smallest absolute Gasteiger partial charge is 0.240 e. The van der Waals surface area contributed by atoms with Crippen molar-refractivity contribution in [3.8, 4) is 0 Å². The molecule has 1 saturated carbocycles. The minimum atomic E-state index is 0.323. The highest BCUT2D eigenvalue weighted by Gasteiger charge is 2.24. The van der Waals surface area contributed by atoms with Gasteiger partial charge in [-0.3, -0.25) is 4.90 Å². The van der Waals surface area contributed by atoms with E-state index in [1.807, 2.05) is 0 Å². The molecule has 5 nitrogen and oxygen atoms in total. The fourth-order valence-corrected chi connectivity index (χ4v) is 1.85. The molecular weight excluding hydrogens is 204 g/mol. The summed E-state index contributed by atoms with van der Waals surface area (Å²) < 4.78 is 5.00. The summed E-state index contributed by atoms with van der Waals surface area (Å²) in [6, 6.07) is 0. The molecule has 0 unspecified atom stereocenters. The molecule has 0 radical (unpaired) electrons. The van der Waals surface area contributed by atoms with Crippen molar-refractivity contribution in [2.45, 2.75) is 39.3 Å². The van der Waals surface area contributed by atoms with Crippen LogP contribution in [0.3, 0.4) is 0 Å². The van der Waals surface area contributed by atoms with E-state index in [1.54, 1.807) is 0 Å². The van der Waals surface area contributed by atoms with Crippen molar-refractivity contribution in [2.75, 3.05) is 13.1 Å². The summed E-state index contributed by atoms with van der Waals surface area (Å²) in [6.45, 7) is 5.57. The van der Waals surface area contributed by atoms with Gasteiger partial charge in [0, 0.05) is 6.54 Å². The summed E-state index contributed by atoms with van der Waals surface area (Å²) in [5.74, 6) is 2.18. The molecule has 2 rings (SSSR count). The van der Waals surface area contributed by atoms with Crippen molar-refractivity contribution in [1.29, 1.82) is 0 Å². The molecule has 5 heteroatoms. The van der Waals surface area contributed by atoms with Gasteiger partial charge in [-0.1, -0.05) is 12.1 Å². The predicted octanol–water partition coefficient (Wildman–Crippen LogP) is 1.15. The van der Waals surface area contributed by atoms with Crippen LogP contribution in [-0.2, 0) is 13.1 Å². The zero-order valence-corrected chi connectivity index (χ0v) is 9.85. The zero-order chi connectivity index (χ0) is 11.4. The van der Waals surface area contributed by atoms with Gasteiger partial charge < -0.3 is 10.3 Å². The Kier molecular flexibility index (Phi) is 3.90. The summed E-state index contributed by atoms with van der Waals surface area (Å²) in [5.41, 5.74) is 5.43. The molecule has 16 heavy (non-hydrogen) atoms. The van der Waals surface area contributed by atoms with Crippen LogP contribution in [0.25, 0.3) is 0 Å². The average Bonchev–Trinajstić information content (AvgIpc) is 2.96. The second-order valence-electron chi connectivity index (χ2n) is 4.49. The third-order valence-corrected chi connectivity index (χ3v) is 2.80. The quantitative estimate of drug-likeness (QED) is 0.752. The van der Waals surface area contributed by atoms with Crippen LogP contribution in [0.1, 0.15) is 37.9 Å². The third kappa shape index (κ3) is 3.28. The fraction of sp³-hybridized carbons (Fsp3) is 0.818. The van der Waals surface area contributed by atoms with E-state index in [4.69, 9.17) is 10.3 Å². The molecule has 0 amide bonds. The summed E-state index contributed by atoms with van der Waals surface area (Å²) in [5, 5.41) is 3.93. The highest BCUT2D eigenvalue weighted by molar-refractivity contribution is 4.87. The monoisotopic (exact) mass is 224 g/mol. The number of nitrogens with zero attached hydrogens (tertiary/aromatic N) is 3. The van der Waals surface area contributed by atoms with E-state index in [9.17, 15) is 0 Å². The SMILES string of the molecule is CCCN(Cc1noc(CN)n1)CC1CC1. The van der Waals surface area contributed by atoms with Crippen LogP contribution in [0.2, 0.25) is 0 Å². The lowest BCUT2D eigenvalue weighted by atomic mass is 10.3. The molecule has 1 aromatic rings. The second-order valence-corrected chi connectivity index (χ2v) is 4.49. The van der Waals surface area contributed by atoms with Gasteiger partial charge in [-0.05, 0) is 31.7 Å². The van der Waals surface area contributed by atoms with E-state index in [-0.39, 0.29) is 0 Å². The fourth-order valence-electron chi connectivity index (χ4n) is 1.85.